The largest absolute Gasteiger partial charge is 0.155 e. The fourth-order valence-electron chi connectivity index (χ4n) is 2.40. The molecule has 3 aromatic rings. The second-order valence-corrected chi connectivity index (χ2v) is 7.82. The van der Waals surface area contributed by atoms with Crippen LogP contribution in [0.25, 0.3) is 10.8 Å². The molecule has 0 N–H and O–H groups in total. The molecule has 0 aliphatic rings. The number of rotatable bonds is 3. The summed E-state index contributed by atoms with van der Waals surface area (Å²) in [6, 6.07) is 23.9. The zero-order valence-corrected chi connectivity index (χ0v) is 13.7. The molecule has 0 heterocycles. The Morgan fingerprint density at radius 2 is 1.55 bits per heavy atom. The molecule has 2 heteroatoms. The molecule has 0 spiro atoms. The molecule has 0 saturated carbocycles. The van der Waals surface area contributed by atoms with Gasteiger partial charge < -0.3 is 0 Å². The summed E-state index contributed by atoms with van der Waals surface area (Å²) in [7, 11) is 0.230. The maximum Gasteiger partial charge on any atom is 0.155 e. The standard InChI is InChI=1S/C18H16BrS/c1-20(17-11-9-16(19)10-12-17)13-15-7-4-6-14-5-2-3-8-18(14)15/h2-12H,13H2,1H3/q+1. The lowest BCUT2D eigenvalue weighted by Crippen LogP contribution is -2.04. The maximum absolute atomic E-state index is 3.50. The van der Waals surface area contributed by atoms with Gasteiger partial charge >= 0.3 is 0 Å². The highest BCUT2D eigenvalue weighted by Crippen LogP contribution is 2.24. The molecular formula is C18H16BrS+. The third-order valence-electron chi connectivity index (χ3n) is 3.47. The van der Waals surface area contributed by atoms with Gasteiger partial charge in [-0.05, 0) is 35.0 Å². The smallest absolute Gasteiger partial charge is 0.0616 e. The molecule has 1 unspecified atom stereocenters. The predicted molar refractivity (Wildman–Crippen MR) is 93.3 cm³/mol. The van der Waals surface area contributed by atoms with Crippen molar-refractivity contribution in [1.29, 1.82) is 0 Å². The van der Waals surface area contributed by atoms with E-state index in [1.807, 2.05) is 0 Å². The van der Waals surface area contributed by atoms with E-state index in [0.717, 1.165) is 10.2 Å². The molecule has 0 bridgehead atoms. The fraction of sp³-hybridized carbons (Fsp3) is 0.111. The number of benzene rings is 3. The number of hydrogen-bond donors (Lipinski definition) is 0. The monoisotopic (exact) mass is 343 g/mol. The van der Waals surface area contributed by atoms with Crippen molar-refractivity contribution in [2.75, 3.05) is 6.26 Å². The topological polar surface area (TPSA) is 0 Å². The lowest BCUT2D eigenvalue weighted by Gasteiger charge is -2.07. The summed E-state index contributed by atoms with van der Waals surface area (Å²) >= 11 is 3.50. The lowest BCUT2D eigenvalue weighted by atomic mass is 10.1. The van der Waals surface area contributed by atoms with Crippen molar-refractivity contribution in [1.82, 2.24) is 0 Å². The highest BCUT2D eigenvalue weighted by molar-refractivity contribution is 9.10. The Morgan fingerprint density at radius 1 is 0.850 bits per heavy atom. The van der Waals surface area contributed by atoms with Crippen molar-refractivity contribution in [2.24, 2.45) is 0 Å². The van der Waals surface area contributed by atoms with E-state index in [2.05, 4.69) is 88.9 Å². The van der Waals surface area contributed by atoms with E-state index in [-0.39, 0.29) is 10.9 Å². The van der Waals surface area contributed by atoms with Gasteiger partial charge in [0.05, 0.1) is 0 Å². The zero-order chi connectivity index (χ0) is 13.9. The van der Waals surface area contributed by atoms with E-state index in [9.17, 15) is 0 Å². The Balaban J connectivity index is 1.91. The van der Waals surface area contributed by atoms with Crippen LogP contribution in [0.3, 0.4) is 0 Å². The van der Waals surface area contributed by atoms with E-state index in [1.54, 1.807) is 0 Å². The number of fused-ring (bicyclic) bond motifs is 1. The van der Waals surface area contributed by atoms with E-state index in [1.165, 1.54) is 21.2 Å². The highest BCUT2D eigenvalue weighted by Gasteiger charge is 2.17. The second-order valence-electron chi connectivity index (χ2n) is 4.87. The Kier molecular flexibility index (Phi) is 4.13. The van der Waals surface area contributed by atoms with Crippen LogP contribution in [0, 0.1) is 0 Å². The Morgan fingerprint density at radius 3 is 2.35 bits per heavy atom. The molecule has 0 radical (unpaired) electrons. The first-order valence-electron chi connectivity index (χ1n) is 6.59. The molecule has 0 aromatic heterocycles. The van der Waals surface area contributed by atoms with E-state index in [4.69, 9.17) is 0 Å². The van der Waals surface area contributed by atoms with Crippen LogP contribution in [0.2, 0.25) is 0 Å². The summed E-state index contributed by atoms with van der Waals surface area (Å²) < 4.78 is 1.14. The van der Waals surface area contributed by atoms with Gasteiger partial charge in [0.2, 0.25) is 0 Å². The van der Waals surface area contributed by atoms with Crippen molar-refractivity contribution in [3.05, 3.63) is 76.8 Å². The molecule has 3 aromatic carbocycles. The van der Waals surface area contributed by atoms with E-state index < -0.39 is 0 Å². The quantitative estimate of drug-likeness (QED) is 0.557. The summed E-state index contributed by atoms with van der Waals surface area (Å²) in [4.78, 5) is 1.42. The maximum atomic E-state index is 3.50. The SMILES string of the molecule is C[S+](Cc1cccc2ccccc12)c1ccc(Br)cc1. The van der Waals surface area contributed by atoms with Crippen molar-refractivity contribution < 1.29 is 0 Å². The normalized spacial score (nSPS) is 12.5. The summed E-state index contributed by atoms with van der Waals surface area (Å²) in [5.41, 5.74) is 1.44. The number of hydrogen-bond acceptors (Lipinski definition) is 0. The van der Waals surface area contributed by atoms with Crippen molar-refractivity contribution >= 4 is 37.6 Å². The molecule has 1 atom stereocenters. The van der Waals surface area contributed by atoms with Crippen LogP contribution < -0.4 is 0 Å². The molecule has 0 amide bonds. The Hall–Kier alpha value is -1.25. The van der Waals surface area contributed by atoms with Gasteiger partial charge in [0.25, 0.3) is 0 Å². The van der Waals surface area contributed by atoms with Gasteiger partial charge in [0, 0.05) is 20.9 Å². The van der Waals surface area contributed by atoms with E-state index >= 15 is 0 Å². The molecule has 0 aliphatic carbocycles. The third kappa shape index (κ3) is 2.92. The first-order chi connectivity index (χ1) is 9.74. The molecule has 3 rings (SSSR count). The molecule has 0 aliphatic heterocycles. The first-order valence-corrected chi connectivity index (χ1v) is 9.18. The van der Waals surface area contributed by atoms with E-state index in [0.29, 0.717) is 0 Å². The van der Waals surface area contributed by atoms with Gasteiger partial charge in [-0.1, -0.05) is 58.4 Å². The minimum absolute atomic E-state index is 0.230. The summed E-state index contributed by atoms with van der Waals surface area (Å²) in [6.07, 6.45) is 2.32. The van der Waals surface area contributed by atoms with Crippen LogP contribution >= 0.6 is 15.9 Å². The van der Waals surface area contributed by atoms with Gasteiger partial charge in [-0.3, -0.25) is 0 Å². The molecule has 0 fully saturated rings. The average Bonchev–Trinajstić information content (AvgIpc) is 2.48. The van der Waals surface area contributed by atoms with Gasteiger partial charge in [-0.25, -0.2) is 0 Å². The lowest BCUT2D eigenvalue weighted by molar-refractivity contribution is 1.37. The molecule has 0 nitrogen and oxygen atoms in total. The Bertz CT molecular complexity index is 714. The highest BCUT2D eigenvalue weighted by atomic mass is 79.9. The molecule has 100 valence electrons. The van der Waals surface area contributed by atoms with Gasteiger partial charge in [0.1, 0.15) is 12.0 Å². The minimum Gasteiger partial charge on any atom is -0.0616 e. The van der Waals surface area contributed by atoms with Gasteiger partial charge in [-0.2, -0.15) is 0 Å². The van der Waals surface area contributed by atoms with Gasteiger partial charge in [-0.15, -0.1) is 0 Å². The van der Waals surface area contributed by atoms with Crippen molar-refractivity contribution in [3.63, 3.8) is 0 Å². The molecule has 0 saturated heterocycles. The summed E-state index contributed by atoms with van der Waals surface area (Å²) in [5, 5.41) is 2.71. The molecular weight excluding hydrogens is 328 g/mol. The van der Waals surface area contributed by atoms with Crippen LogP contribution in [0.15, 0.2) is 76.1 Å². The summed E-state index contributed by atoms with van der Waals surface area (Å²) in [6.45, 7) is 0. The minimum atomic E-state index is 0.230. The first kappa shape index (κ1) is 13.7. The van der Waals surface area contributed by atoms with Gasteiger partial charge in [0.15, 0.2) is 4.90 Å². The van der Waals surface area contributed by atoms with Crippen LogP contribution in [-0.4, -0.2) is 6.26 Å². The average molecular weight is 344 g/mol. The van der Waals surface area contributed by atoms with Crippen LogP contribution in [0.4, 0.5) is 0 Å². The van der Waals surface area contributed by atoms with Crippen molar-refractivity contribution in [2.45, 2.75) is 10.6 Å². The Labute approximate surface area is 131 Å². The zero-order valence-electron chi connectivity index (χ0n) is 11.3. The number of halogens is 1. The summed E-state index contributed by atoms with van der Waals surface area (Å²) in [5.74, 6) is 1.10. The molecule has 20 heavy (non-hydrogen) atoms. The van der Waals surface area contributed by atoms with Crippen LogP contribution in [0.1, 0.15) is 5.56 Å². The predicted octanol–water partition coefficient (Wildman–Crippen LogP) is 5.41. The second kappa shape index (κ2) is 6.02. The third-order valence-corrected chi connectivity index (χ3v) is 5.82. The van der Waals surface area contributed by atoms with Crippen LogP contribution in [-0.2, 0) is 16.6 Å². The van der Waals surface area contributed by atoms with Crippen molar-refractivity contribution in [3.8, 4) is 0 Å². The van der Waals surface area contributed by atoms with Crippen LogP contribution in [0.5, 0.6) is 0 Å². The fourth-order valence-corrected chi connectivity index (χ4v) is 4.15.